The molecule has 124 valence electrons. The van der Waals surface area contributed by atoms with Crippen molar-refractivity contribution in [3.63, 3.8) is 0 Å². The van der Waals surface area contributed by atoms with Crippen LogP contribution < -0.4 is 21.7 Å². The Bertz CT molecular complexity index is 842. The molecular weight excluding hydrogens is 298 g/mol. The number of anilines is 3. The van der Waals surface area contributed by atoms with Crippen LogP contribution in [-0.4, -0.2) is 19.1 Å². The zero-order valence-corrected chi connectivity index (χ0v) is 14.1. The lowest BCUT2D eigenvalue weighted by Crippen LogP contribution is -2.19. The van der Waals surface area contributed by atoms with E-state index in [4.69, 9.17) is 11.5 Å². The van der Waals surface area contributed by atoms with E-state index in [-0.39, 0.29) is 0 Å². The van der Waals surface area contributed by atoms with E-state index in [0.29, 0.717) is 12.4 Å². The van der Waals surface area contributed by atoms with Crippen LogP contribution in [0.1, 0.15) is 11.1 Å². The molecule has 0 aliphatic carbocycles. The molecular formula is C19H23N5. The number of para-hydroxylation sites is 1. The number of pyridine rings is 1. The molecule has 1 heterocycles. The Morgan fingerprint density at radius 2 is 1.71 bits per heavy atom. The van der Waals surface area contributed by atoms with Gasteiger partial charge in [0.15, 0.2) is 0 Å². The van der Waals surface area contributed by atoms with Crippen molar-refractivity contribution in [3.05, 3.63) is 59.7 Å². The van der Waals surface area contributed by atoms with Crippen molar-refractivity contribution in [2.24, 2.45) is 5.73 Å². The number of nitrogens with zero attached hydrogens (tertiary/aromatic N) is 2. The monoisotopic (exact) mass is 321 g/mol. The normalized spacial score (nSPS) is 10.8. The molecule has 1 aromatic heterocycles. The Morgan fingerprint density at radius 3 is 2.38 bits per heavy atom. The molecule has 0 aliphatic rings. The van der Waals surface area contributed by atoms with E-state index >= 15 is 0 Å². The molecule has 0 radical (unpaired) electrons. The highest BCUT2D eigenvalue weighted by molar-refractivity contribution is 6.01. The fourth-order valence-corrected chi connectivity index (χ4v) is 2.99. The summed E-state index contributed by atoms with van der Waals surface area (Å²) in [7, 11) is 3.94. The van der Waals surface area contributed by atoms with Crippen LogP contribution in [0.5, 0.6) is 0 Å². The van der Waals surface area contributed by atoms with Crippen molar-refractivity contribution in [3.8, 4) is 0 Å². The van der Waals surface area contributed by atoms with Crippen LogP contribution in [0.15, 0.2) is 48.5 Å². The van der Waals surface area contributed by atoms with Gasteiger partial charge in [0, 0.05) is 32.6 Å². The molecule has 3 aromatic rings. The second kappa shape index (κ2) is 6.76. The number of nitrogens with two attached hydrogens (primary N) is 2. The van der Waals surface area contributed by atoms with Gasteiger partial charge in [0.05, 0.1) is 11.2 Å². The molecule has 0 amide bonds. The van der Waals surface area contributed by atoms with Crippen molar-refractivity contribution in [2.45, 2.75) is 13.1 Å². The zero-order valence-electron chi connectivity index (χ0n) is 14.1. The van der Waals surface area contributed by atoms with Gasteiger partial charge in [-0.3, -0.25) is 0 Å². The first-order valence-electron chi connectivity index (χ1n) is 7.99. The van der Waals surface area contributed by atoms with Gasteiger partial charge in [-0.05, 0) is 17.2 Å². The largest absolute Gasteiger partial charge is 0.383 e. The number of rotatable bonds is 5. The van der Waals surface area contributed by atoms with Gasteiger partial charge in [-0.25, -0.2) is 4.98 Å². The van der Waals surface area contributed by atoms with Crippen LogP contribution in [0.3, 0.4) is 0 Å². The lowest BCUT2D eigenvalue weighted by Gasteiger charge is -2.25. The van der Waals surface area contributed by atoms with Gasteiger partial charge in [-0.1, -0.05) is 42.5 Å². The second-order valence-electron chi connectivity index (χ2n) is 5.86. The number of hydrogen-bond acceptors (Lipinski definition) is 5. The highest BCUT2D eigenvalue weighted by Gasteiger charge is 2.16. The molecule has 0 spiro atoms. The molecule has 3 rings (SSSR count). The minimum atomic E-state index is 0.511. The van der Waals surface area contributed by atoms with Gasteiger partial charge >= 0.3 is 0 Å². The van der Waals surface area contributed by atoms with Crippen molar-refractivity contribution in [1.82, 2.24) is 4.98 Å². The molecule has 0 saturated heterocycles. The fraction of sp³-hybridized carbons (Fsp3) is 0.211. The van der Waals surface area contributed by atoms with E-state index in [0.717, 1.165) is 34.4 Å². The number of nitrogens with one attached hydrogen (secondary N) is 1. The Labute approximate surface area is 142 Å². The number of fused-ring (bicyclic) bond motifs is 1. The zero-order chi connectivity index (χ0) is 17.1. The Hall–Kier alpha value is -2.79. The first-order chi connectivity index (χ1) is 11.6. The highest BCUT2D eigenvalue weighted by atomic mass is 15.1. The Kier molecular flexibility index (Phi) is 4.53. The smallest absolute Gasteiger partial charge is 0.149 e. The molecule has 0 atom stereocenters. The summed E-state index contributed by atoms with van der Waals surface area (Å²) in [6, 6.07) is 16.4. The number of hydrogen-bond donors (Lipinski definition) is 3. The minimum absolute atomic E-state index is 0.511. The molecule has 0 unspecified atom stereocenters. The summed E-state index contributed by atoms with van der Waals surface area (Å²) in [6.07, 6.45) is 0. The summed E-state index contributed by atoms with van der Waals surface area (Å²) in [6.45, 7) is 1.33. The van der Waals surface area contributed by atoms with Gasteiger partial charge < -0.3 is 21.7 Å². The van der Waals surface area contributed by atoms with Gasteiger partial charge in [0.2, 0.25) is 0 Å². The lowest BCUT2D eigenvalue weighted by molar-refractivity contribution is 0.925. The standard InChI is InChI=1S/C19H23N5/c1-22-17-18(15-5-3-4-6-16(15)23-19(17)21)24(2)12-14-9-7-13(11-20)8-10-14/h3-10,22H,11-12,20H2,1-2H3,(H2,21,23). The van der Waals surface area contributed by atoms with Crippen LogP contribution in [0.4, 0.5) is 17.2 Å². The molecule has 5 nitrogen and oxygen atoms in total. The summed E-state index contributed by atoms with van der Waals surface area (Å²) in [4.78, 5) is 6.69. The molecule has 5 heteroatoms. The lowest BCUT2D eigenvalue weighted by atomic mass is 10.1. The first kappa shape index (κ1) is 16.1. The highest BCUT2D eigenvalue weighted by Crippen LogP contribution is 2.37. The number of aromatic nitrogens is 1. The van der Waals surface area contributed by atoms with E-state index in [1.807, 2.05) is 25.2 Å². The maximum absolute atomic E-state index is 6.15. The van der Waals surface area contributed by atoms with Crippen molar-refractivity contribution in [2.75, 3.05) is 30.0 Å². The Morgan fingerprint density at radius 1 is 1.04 bits per heavy atom. The molecule has 5 N–H and O–H groups in total. The number of benzene rings is 2. The molecule has 24 heavy (non-hydrogen) atoms. The van der Waals surface area contributed by atoms with Gasteiger partial charge in [-0.2, -0.15) is 0 Å². The van der Waals surface area contributed by atoms with E-state index in [1.165, 1.54) is 5.56 Å². The van der Waals surface area contributed by atoms with Crippen LogP contribution in [0, 0.1) is 0 Å². The van der Waals surface area contributed by atoms with Crippen LogP contribution >= 0.6 is 0 Å². The average Bonchev–Trinajstić information content (AvgIpc) is 2.61. The quantitative estimate of drug-likeness (QED) is 0.673. The maximum Gasteiger partial charge on any atom is 0.149 e. The summed E-state index contributed by atoms with van der Waals surface area (Å²) in [5, 5.41) is 4.28. The molecule has 0 saturated carbocycles. The summed E-state index contributed by atoms with van der Waals surface area (Å²) in [5.41, 5.74) is 17.0. The third kappa shape index (κ3) is 2.98. The van der Waals surface area contributed by atoms with Crippen molar-refractivity contribution < 1.29 is 0 Å². The molecule has 0 aliphatic heterocycles. The van der Waals surface area contributed by atoms with Gasteiger partial charge in [0.1, 0.15) is 11.5 Å². The van der Waals surface area contributed by atoms with Crippen molar-refractivity contribution >= 4 is 28.1 Å². The maximum atomic E-state index is 6.15. The second-order valence-corrected chi connectivity index (χ2v) is 5.86. The SMILES string of the molecule is CNc1c(N)nc2ccccc2c1N(C)Cc1ccc(CN)cc1. The predicted molar refractivity (Wildman–Crippen MR) is 102 cm³/mol. The Balaban J connectivity index is 2.02. The first-order valence-corrected chi connectivity index (χ1v) is 7.99. The van der Waals surface area contributed by atoms with E-state index in [1.54, 1.807) is 0 Å². The average molecular weight is 321 g/mol. The minimum Gasteiger partial charge on any atom is -0.383 e. The van der Waals surface area contributed by atoms with Crippen LogP contribution in [-0.2, 0) is 13.1 Å². The fourth-order valence-electron chi connectivity index (χ4n) is 2.99. The molecule has 0 fully saturated rings. The summed E-state index contributed by atoms with van der Waals surface area (Å²) >= 11 is 0. The van der Waals surface area contributed by atoms with Crippen molar-refractivity contribution in [1.29, 1.82) is 0 Å². The number of nitrogen functional groups attached to an aromatic ring is 1. The van der Waals surface area contributed by atoms with Gasteiger partial charge in [-0.15, -0.1) is 0 Å². The van der Waals surface area contributed by atoms with E-state index < -0.39 is 0 Å². The molecule has 0 bridgehead atoms. The summed E-state index contributed by atoms with van der Waals surface area (Å²) in [5.74, 6) is 0.511. The van der Waals surface area contributed by atoms with Gasteiger partial charge in [0.25, 0.3) is 0 Å². The topological polar surface area (TPSA) is 80.2 Å². The molecule has 2 aromatic carbocycles. The predicted octanol–water partition coefficient (Wildman–Crippen LogP) is 2.95. The summed E-state index contributed by atoms with van der Waals surface area (Å²) < 4.78 is 0. The third-order valence-corrected chi connectivity index (χ3v) is 4.20. The van der Waals surface area contributed by atoms with E-state index in [9.17, 15) is 0 Å². The van der Waals surface area contributed by atoms with Crippen LogP contribution in [0.2, 0.25) is 0 Å². The van der Waals surface area contributed by atoms with E-state index in [2.05, 4.69) is 52.6 Å². The van der Waals surface area contributed by atoms with Crippen LogP contribution in [0.25, 0.3) is 10.9 Å². The third-order valence-electron chi connectivity index (χ3n) is 4.20.